The quantitative estimate of drug-likeness (QED) is 0.412. The maximum atomic E-state index is 12.8. The van der Waals surface area contributed by atoms with E-state index in [1.807, 2.05) is 22.9 Å². The van der Waals surface area contributed by atoms with Crippen molar-refractivity contribution in [3.05, 3.63) is 86.2 Å². The van der Waals surface area contributed by atoms with Gasteiger partial charge in [-0.2, -0.15) is 5.10 Å². The summed E-state index contributed by atoms with van der Waals surface area (Å²) in [6.07, 6.45) is 7.18. The number of rotatable bonds is 6. The molecular weight excluding hydrogens is 498 g/mol. The standard InChI is InChI=1S/C29H29N5O5/c1-29(2)9-8-22-20-14-25(39-12-11-32-28(38)31-10-4-3-5-26(31)30-32)18(17-6-7-17)13-19(20)23-15-24(35)21(27(36)37)16-33(23)34(22)29/h3-5,10,13-17,22H,6-9,11-12H2,1-2H3,(H,36,37)/p+1/t22-/m1/s1. The highest BCUT2D eigenvalue weighted by molar-refractivity contribution is 5.88. The highest BCUT2D eigenvalue weighted by atomic mass is 16.5. The zero-order valence-corrected chi connectivity index (χ0v) is 21.9. The number of benzene rings is 1. The predicted molar refractivity (Wildman–Crippen MR) is 143 cm³/mol. The van der Waals surface area contributed by atoms with Gasteiger partial charge in [-0.15, -0.1) is 9.08 Å². The van der Waals surface area contributed by atoms with Crippen molar-refractivity contribution >= 4 is 11.6 Å². The van der Waals surface area contributed by atoms with Gasteiger partial charge in [-0.3, -0.25) is 14.5 Å². The molecule has 1 aromatic carbocycles. The van der Waals surface area contributed by atoms with Gasteiger partial charge in [0.1, 0.15) is 30.7 Å². The van der Waals surface area contributed by atoms with Crippen molar-refractivity contribution < 1.29 is 19.7 Å². The molecule has 3 aromatic heterocycles. The van der Waals surface area contributed by atoms with Crippen LogP contribution >= 0.6 is 0 Å². The summed E-state index contributed by atoms with van der Waals surface area (Å²) in [5, 5.41) is 15.0. The lowest BCUT2D eigenvalue weighted by molar-refractivity contribution is -0.466. The molecule has 3 aliphatic rings. The number of carboxylic acid groups (broad SMARTS) is 1. The molecule has 39 heavy (non-hydrogen) atoms. The lowest BCUT2D eigenvalue weighted by Gasteiger charge is -2.44. The Morgan fingerprint density at radius 2 is 1.95 bits per heavy atom. The molecule has 0 bridgehead atoms. The summed E-state index contributed by atoms with van der Waals surface area (Å²) in [4.78, 5) is 37.3. The number of aromatic nitrogens is 4. The van der Waals surface area contributed by atoms with E-state index in [-0.39, 0.29) is 22.8 Å². The Hall–Kier alpha value is -4.34. The molecule has 0 radical (unpaired) electrons. The number of hydrogen-bond donors (Lipinski definition) is 1. The highest BCUT2D eigenvalue weighted by Gasteiger charge is 2.45. The first-order valence-corrected chi connectivity index (χ1v) is 13.4. The maximum absolute atomic E-state index is 12.8. The molecular formula is C29H30N5O5+. The number of aromatic carboxylic acids is 1. The summed E-state index contributed by atoms with van der Waals surface area (Å²) in [5.41, 5.74) is 3.47. The van der Waals surface area contributed by atoms with Crippen LogP contribution in [0.5, 0.6) is 5.75 Å². The number of H-pyrrole nitrogens is 1. The molecule has 4 aromatic rings. The maximum Gasteiger partial charge on any atom is 0.451 e. The molecule has 10 nitrogen and oxygen atoms in total. The van der Waals surface area contributed by atoms with E-state index in [9.17, 15) is 19.5 Å². The summed E-state index contributed by atoms with van der Waals surface area (Å²) in [5.74, 6) is -0.0200. The van der Waals surface area contributed by atoms with E-state index in [1.165, 1.54) is 12.3 Å². The van der Waals surface area contributed by atoms with Gasteiger partial charge in [0, 0.05) is 23.9 Å². The number of pyridine rings is 2. The van der Waals surface area contributed by atoms with Crippen LogP contribution in [0.15, 0.2) is 58.4 Å². The third kappa shape index (κ3) is 3.69. The number of ether oxygens (including phenoxy) is 1. The largest absolute Gasteiger partial charge is 0.491 e. The van der Waals surface area contributed by atoms with Crippen LogP contribution in [0.25, 0.3) is 16.9 Å². The molecule has 2 aliphatic heterocycles. The summed E-state index contributed by atoms with van der Waals surface area (Å²) in [7, 11) is 0. The van der Waals surface area contributed by atoms with E-state index in [4.69, 9.17) is 4.74 Å². The zero-order valence-electron chi connectivity index (χ0n) is 21.9. The fraction of sp³-hybridized carbons (Fsp3) is 0.379. The first kappa shape index (κ1) is 23.8. The van der Waals surface area contributed by atoms with Crippen molar-refractivity contribution in [2.24, 2.45) is 0 Å². The Morgan fingerprint density at radius 1 is 1.13 bits per heavy atom. The van der Waals surface area contributed by atoms with Crippen LogP contribution in [0.4, 0.5) is 0 Å². The van der Waals surface area contributed by atoms with Gasteiger partial charge in [0.25, 0.3) is 0 Å². The Kier molecular flexibility index (Phi) is 5.07. The Balaban J connectivity index is 1.29. The Labute approximate surface area is 223 Å². The second-order valence-electron chi connectivity index (χ2n) is 11.4. The number of hydrogen-bond acceptors (Lipinski definition) is 5. The van der Waals surface area contributed by atoms with Crippen LogP contribution in [-0.2, 0) is 6.54 Å². The van der Waals surface area contributed by atoms with Crippen molar-refractivity contribution in [1.29, 1.82) is 0 Å². The van der Waals surface area contributed by atoms with Crippen molar-refractivity contribution in [3.8, 4) is 17.0 Å². The topological polar surface area (TPSA) is 112 Å². The first-order chi connectivity index (χ1) is 18.7. The first-order valence-electron chi connectivity index (χ1n) is 13.4. The molecule has 0 spiro atoms. The molecule has 0 unspecified atom stereocenters. The van der Waals surface area contributed by atoms with Crippen LogP contribution in [-0.4, -0.2) is 37.0 Å². The van der Waals surface area contributed by atoms with Crippen LogP contribution in [0, 0.1) is 0 Å². The molecule has 1 saturated heterocycles. The van der Waals surface area contributed by atoms with Gasteiger partial charge in [0.15, 0.2) is 5.43 Å². The van der Waals surface area contributed by atoms with Crippen LogP contribution in [0.3, 0.4) is 0 Å². The van der Waals surface area contributed by atoms with E-state index in [2.05, 4.69) is 36.1 Å². The average molecular weight is 529 g/mol. The second kappa shape index (κ2) is 8.33. The van der Waals surface area contributed by atoms with E-state index in [0.29, 0.717) is 24.8 Å². The molecule has 1 aliphatic carbocycles. The molecule has 1 saturated carbocycles. The summed E-state index contributed by atoms with van der Waals surface area (Å²) in [6.45, 7) is 4.99. The van der Waals surface area contributed by atoms with E-state index >= 15 is 0 Å². The molecule has 0 amide bonds. The molecule has 7 rings (SSSR count). The third-order valence-corrected chi connectivity index (χ3v) is 8.39. The minimum atomic E-state index is -1.22. The second-order valence-corrected chi connectivity index (χ2v) is 11.4. The van der Waals surface area contributed by atoms with Crippen LogP contribution in [0.2, 0.25) is 0 Å². The van der Waals surface area contributed by atoms with Crippen LogP contribution < -0.4 is 26.0 Å². The third-order valence-electron chi connectivity index (χ3n) is 8.39. The van der Waals surface area contributed by atoms with E-state index in [0.717, 1.165) is 53.8 Å². The fourth-order valence-electron chi connectivity index (χ4n) is 6.31. The van der Waals surface area contributed by atoms with Crippen molar-refractivity contribution in [2.45, 2.75) is 63.6 Å². The number of nitrogens with zero attached hydrogens (tertiary/aromatic N) is 4. The monoisotopic (exact) mass is 528 g/mol. The van der Waals surface area contributed by atoms with Gasteiger partial charge >= 0.3 is 17.3 Å². The van der Waals surface area contributed by atoms with Crippen molar-refractivity contribution in [2.75, 3.05) is 11.6 Å². The average Bonchev–Trinajstić information content (AvgIpc) is 3.64. The smallest absolute Gasteiger partial charge is 0.451 e. The summed E-state index contributed by atoms with van der Waals surface area (Å²) in [6, 6.07) is 11.3. The lowest BCUT2D eigenvalue weighted by Crippen LogP contribution is -2.50. The Morgan fingerprint density at radius 3 is 2.69 bits per heavy atom. The van der Waals surface area contributed by atoms with Crippen LogP contribution in [0.1, 0.15) is 73.0 Å². The molecule has 2 fully saturated rings. The van der Waals surface area contributed by atoms with Gasteiger partial charge < -0.3 is 9.84 Å². The molecule has 2 N–H and O–H groups in total. The SMILES string of the molecule is CC1(C)CC[C@@H]2c3cc(OCCn4[nH+]c5ccccn5c4=O)c(C4CC4)cc3-c3cc(=O)c(C(=O)O)cn3N21. The van der Waals surface area contributed by atoms with Gasteiger partial charge in [-0.05, 0) is 74.8 Å². The number of aromatic amines is 1. The minimum absolute atomic E-state index is 0.0231. The Bertz CT molecular complexity index is 1780. The van der Waals surface area contributed by atoms with Gasteiger partial charge in [0.05, 0.1) is 17.3 Å². The summed E-state index contributed by atoms with van der Waals surface area (Å²) >= 11 is 0. The molecule has 5 heterocycles. The van der Waals surface area contributed by atoms with Gasteiger partial charge in [0.2, 0.25) is 0 Å². The van der Waals surface area contributed by atoms with E-state index < -0.39 is 11.4 Å². The number of nitrogens with one attached hydrogen (secondary N) is 1. The fourth-order valence-corrected chi connectivity index (χ4v) is 6.31. The predicted octanol–water partition coefficient (Wildman–Crippen LogP) is 2.96. The minimum Gasteiger partial charge on any atom is -0.491 e. The van der Waals surface area contributed by atoms with Crippen molar-refractivity contribution in [1.82, 2.24) is 13.8 Å². The highest BCUT2D eigenvalue weighted by Crippen LogP contribution is 2.52. The zero-order chi connectivity index (χ0) is 27.1. The van der Waals surface area contributed by atoms with Crippen molar-refractivity contribution in [3.63, 3.8) is 0 Å². The molecule has 1 atom stereocenters. The molecule has 200 valence electrons. The van der Waals surface area contributed by atoms with Gasteiger partial charge in [-0.1, -0.05) is 6.07 Å². The number of fused-ring (bicyclic) bond motifs is 7. The number of carbonyl (C=O) groups is 1. The lowest BCUT2D eigenvalue weighted by atomic mass is 9.91. The van der Waals surface area contributed by atoms with E-state index in [1.54, 1.807) is 15.3 Å². The normalized spacial score (nSPS) is 19.0. The number of carboxylic acids is 1. The van der Waals surface area contributed by atoms with Gasteiger partial charge in [-0.25, -0.2) is 9.59 Å². The molecule has 10 heteroatoms. The summed E-state index contributed by atoms with van der Waals surface area (Å²) < 4.78 is 11.4.